The maximum Gasteiger partial charge on any atom is 0.312 e. The van der Waals surface area contributed by atoms with Crippen molar-refractivity contribution >= 4 is 28.6 Å². The van der Waals surface area contributed by atoms with Crippen LogP contribution in [0.1, 0.15) is 12.8 Å². The number of amides is 2. The van der Waals surface area contributed by atoms with E-state index >= 15 is 0 Å². The number of benzene rings is 2. The van der Waals surface area contributed by atoms with Crippen LogP contribution >= 0.6 is 0 Å². The van der Waals surface area contributed by atoms with Gasteiger partial charge in [-0.15, -0.1) is 0 Å². The number of carbonyl (C=O) groups is 3. The first-order chi connectivity index (χ1) is 13.1. The van der Waals surface area contributed by atoms with E-state index in [0.29, 0.717) is 5.75 Å². The summed E-state index contributed by atoms with van der Waals surface area (Å²) in [5, 5.41) is 2.06. The average Bonchev–Trinajstić information content (AvgIpc) is 3.35. The topological polar surface area (TPSA) is 63.7 Å². The number of hydrogen-bond acceptors (Lipinski definition) is 4. The second-order valence-corrected chi connectivity index (χ2v) is 7.56. The van der Waals surface area contributed by atoms with Crippen molar-refractivity contribution in [1.82, 2.24) is 4.90 Å². The molecular weight excluding hydrogens is 342 g/mol. The van der Waals surface area contributed by atoms with E-state index in [9.17, 15) is 14.4 Å². The number of rotatable bonds is 4. The Morgan fingerprint density at radius 2 is 1.63 bits per heavy atom. The zero-order chi connectivity index (χ0) is 18.5. The minimum atomic E-state index is -0.441. The number of nitrogens with zero attached hydrogens (tertiary/aromatic N) is 1. The molecule has 3 aliphatic rings. The Morgan fingerprint density at radius 1 is 0.963 bits per heavy atom. The Bertz CT molecular complexity index is 965. The van der Waals surface area contributed by atoms with E-state index in [1.165, 1.54) is 4.90 Å². The van der Waals surface area contributed by atoms with Gasteiger partial charge in [-0.1, -0.05) is 42.5 Å². The third kappa shape index (κ3) is 2.57. The lowest BCUT2D eigenvalue weighted by atomic mass is 9.85. The number of ether oxygens (including phenoxy) is 1. The molecule has 1 saturated heterocycles. The van der Waals surface area contributed by atoms with Crippen molar-refractivity contribution in [2.45, 2.75) is 12.8 Å². The van der Waals surface area contributed by atoms with Gasteiger partial charge in [-0.3, -0.25) is 19.3 Å². The van der Waals surface area contributed by atoms with Gasteiger partial charge in [0.25, 0.3) is 0 Å². The maximum absolute atomic E-state index is 12.6. The predicted octanol–water partition coefficient (Wildman–Crippen LogP) is 2.94. The zero-order valence-electron chi connectivity index (χ0n) is 14.7. The van der Waals surface area contributed by atoms with E-state index in [1.54, 1.807) is 6.07 Å². The Kier molecular flexibility index (Phi) is 3.64. The SMILES string of the molecule is O=C(CCN1C(=O)[C@H]2[C@H](C1=O)[C@H]1C=C[C@H]2C1)Oc1ccc2ccccc2c1. The molecule has 0 radical (unpaired) electrons. The lowest BCUT2D eigenvalue weighted by molar-refractivity contribution is -0.142. The summed E-state index contributed by atoms with van der Waals surface area (Å²) in [6.45, 7) is 0.0938. The molecule has 2 fully saturated rings. The fourth-order valence-corrected chi connectivity index (χ4v) is 4.80. The highest BCUT2D eigenvalue weighted by atomic mass is 16.5. The van der Waals surface area contributed by atoms with Crippen LogP contribution in [-0.2, 0) is 14.4 Å². The molecule has 0 unspecified atom stereocenters. The molecule has 27 heavy (non-hydrogen) atoms. The fraction of sp³-hybridized carbons (Fsp3) is 0.318. The van der Waals surface area contributed by atoms with Crippen LogP contribution in [0.15, 0.2) is 54.6 Å². The summed E-state index contributed by atoms with van der Waals surface area (Å²) in [4.78, 5) is 38.7. The summed E-state index contributed by atoms with van der Waals surface area (Å²) < 4.78 is 5.40. The summed E-state index contributed by atoms with van der Waals surface area (Å²) in [5.74, 6) is -0.286. The van der Waals surface area contributed by atoms with Gasteiger partial charge >= 0.3 is 5.97 Å². The molecular formula is C22H19NO4. The van der Waals surface area contributed by atoms with Gasteiger partial charge in [-0.25, -0.2) is 0 Å². The Labute approximate surface area is 156 Å². The van der Waals surface area contributed by atoms with Crippen molar-refractivity contribution in [1.29, 1.82) is 0 Å². The summed E-state index contributed by atoms with van der Waals surface area (Å²) in [7, 11) is 0. The maximum atomic E-state index is 12.6. The number of allylic oxidation sites excluding steroid dienone is 2. The molecule has 5 rings (SSSR count). The Hall–Kier alpha value is -2.95. The van der Waals surface area contributed by atoms with E-state index in [-0.39, 0.29) is 48.5 Å². The molecule has 2 aliphatic carbocycles. The van der Waals surface area contributed by atoms with Crippen LogP contribution in [0, 0.1) is 23.7 Å². The van der Waals surface area contributed by atoms with Gasteiger partial charge < -0.3 is 4.74 Å². The van der Waals surface area contributed by atoms with Crippen LogP contribution in [0.2, 0.25) is 0 Å². The van der Waals surface area contributed by atoms with Crippen molar-refractivity contribution in [2.75, 3.05) is 6.54 Å². The number of carbonyl (C=O) groups excluding carboxylic acids is 3. The Balaban J connectivity index is 1.23. The lowest BCUT2D eigenvalue weighted by Crippen LogP contribution is -2.35. The molecule has 0 aromatic heterocycles. The molecule has 4 atom stereocenters. The summed E-state index contributed by atoms with van der Waals surface area (Å²) in [5.41, 5.74) is 0. The van der Waals surface area contributed by atoms with Crippen molar-refractivity contribution in [3.63, 3.8) is 0 Å². The van der Waals surface area contributed by atoms with Gasteiger partial charge in [0.2, 0.25) is 11.8 Å². The number of esters is 1. The first kappa shape index (κ1) is 16.2. The molecule has 1 saturated carbocycles. The molecule has 1 aliphatic heterocycles. The molecule has 0 spiro atoms. The molecule has 2 aromatic carbocycles. The smallest absolute Gasteiger partial charge is 0.312 e. The first-order valence-electron chi connectivity index (χ1n) is 9.35. The monoisotopic (exact) mass is 361 g/mol. The molecule has 5 heteroatoms. The highest BCUT2D eigenvalue weighted by Gasteiger charge is 2.59. The number of likely N-dealkylation sites (tertiary alicyclic amines) is 1. The summed E-state index contributed by atoms with van der Waals surface area (Å²) in [6.07, 6.45) is 5.04. The minimum absolute atomic E-state index is 0.00646. The van der Waals surface area contributed by atoms with Gasteiger partial charge in [-0.2, -0.15) is 0 Å². The minimum Gasteiger partial charge on any atom is -0.426 e. The van der Waals surface area contributed by atoms with Crippen LogP contribution in [-0.4, -0.2) is 29.2 Å². The third-order valence-corrected chi connectivity index (χ3v) is 6.05. The number of imide groups is 1. The van der Waals surface area contributed by atoms with Crippen molar-refractivity contribution < 1.29 is 19.1 Å². The van der Waals surface area contributed by atoms with Gasteiger partial charge in [0.15, 0.2) is 0 Å². The molecule has 2 aromatic rings. The van der Waals surface area contributed by atoms with Crippen LogP contribution in [0.4, 0.5) is 0 Å². The number of hydrogen-bond donors (Lipinski definition) is 0. The van der Waals surface area contributed by atoms with Gasteiger partial charge in [-0.05, 0) is 41.2 Å². The summed E-state index contributed by atoms with van der Waals surface area (Å²) in [6, 6.07) is 13.3. The van der Waals surface area contributed by atoms with Crippen molar-refractivity contribution in [3.05, 3.63) is 54.6 Å². The van der Waals surface area contributed by atoms with Gasteiger partial charge in [0.1, 0.15) is 5.75 Å². The van der Waals surface area contributed by atoms with E-state index in [2.05, 4.69) is 12.2 Å². The second-order valence-electron chi connectivity index (χ2n) is 7.56. The standard InChI is InChI=1S/C22H19NO4/c24-18(27-17-8-7-13-3-1-2-4-14(13)12-17)9-10-23-21(25)19-15-5-6-16(11-15)20(19)22(23)26/h1-8,12,15-16,19-20H,9-11H2/t15-,16-,19+,20+/m0/s1. The fourth-order valence-electron chi connectivity index (χ4n) is 4.80. The molecule has 0 N–H and O–H groups in total. The van der Waals surface area contributed by atoms with Crippen LogP contribution in [0.25, 0.3) is 10.8 Å². The number of fused-ring (bicyclic) bond motifs is 6. The van der Waals surface area contributed by atoms with Crippen molar-refractivity contribution in [3.8, 4) is 5.75 Å². The largest absolute Gasteiger partial charge is 0.426 e. The van der Waals surface area contributed by atoms with Gasteiger partial charge in [0.05, 0.1) is 18.3 Å². The van der Waals surface area contributed by atoms with E-state index in [4.69, 9.17) is 4.74 Å². The highest BCUT2D eigenvalue weighted by molar-refractivity contribution is 6.06. The normalized spacial score (nSPS) is 28.2. The van der Waals surface area contributed by atoms with E-state index in [1.807, 2.05) is 36.4 Å². The lowest BCUT2D eigenvalue weighted by Gasteiger charge is -2.16. The van der Waals surface area contributed by atoms with Crippen LogP contribution in [0.3, 0.4) is 0 Å². The van der Waals surface area contributed by atoms with E-state index < -0.39 is 5.97 Å². The first-order valence-corrected chi connectivity index (χ1v) is 9.35. The summed E-state index contributed by atoms with van der Waals surface area (Å²) >= 11 is 0. The Morgan fingerprint density at radius 3 is 2.33 bits per heavy atom. The predicted molar refractivity (Wildman–Crippen MR) is 98.6 cm³/mol. The molecule has 1 heterocycles. The van der Waals surface area contributed by atoms with E-state index in [0.717, 1.165) is 17.2 Å². The van der Waals surface area contributed by atoms with Crippen molar-refractivity contribution in [2.24, 2.45) is 23.7 Å². The molecule has 136 valence electrons. The van der Waals surface area contributed by atoms with Crippen LogP contribution < -0.4 is 4.74 Å². The third-order valence-electron chi connectivity index (χ3n) is 6.05. The highest BCUT2D eigenvalue weighted by Crippen LogP contribution is 2.52. The molecule has 2 bridgehead atoms. The molecule has 2 amide bonds. The quantitative estimate of drug-likeness (QED) is 0.364. The zero-order valence-corrected chi connectivity index (χ0v) is 14.7. The average molecular weight is 361 g/mol. The second kappa shape index (κ2) is 6.05. The van der Waals surface area contributed by atoms with Crippen LogP contribution in [0.5, 0.6) is 5.75 Å². The molecule has 5 nitrogen and oxygen atoms in total. The van der Waals surface area contributed by atoms with Gasteiger partial charge in [0, 0.05) is 6.54 Å².